The molecule has 0 radical (unpaired) electrons. The van der Waals surface area contributed by atoms with Crippen LogP contribution in [0.5, 0.6) is 0 Å². The third-order valence-corrected chi connectivity index (χ3v) is 11.8. The molecule has 1 amide bonds. The minimum absolute atomic E-state index is 0.0406. The second kappa shape index (κ2) is 8.86. The van der Waals surface area contributed by atoms with Crippen molar-refractivity contribution >= 4 is 39.6 Å². The minimum atomic E-state index is -0.566. The molecular formula is C29H41Cl2NO3. The molecule has 8 atom stereocenters. The number of allylic oxidation sites excluding steroid dienone is 2. The van der Waals surface area contributed by atoms with E-state index in [9.17, 15) is 14.4 Å². The van der Waals surface area contributed by atoms with Crippen LogP contribution in [-0.2, 0) is 14.4 Å². The van der Waals surface area contributed by atoms with Crippen LogP contribution in [0.1, 0.15) is 85.5 Å². The molecular weight excluding hydrogens is 481 g/mol. The molecule has 0 N–H and O–H groups in total. The van der Waals surface area contributed by atoms with Crippen LogP contribution in [0.4, 0.5) is 0 Å². The molecule has 35 heavy (non-hydrogen) atoms. The fourth-order valence-electron chi connectivity index (χ4n) is 9.96. The smallest absolute Gasteiger partial charge is 0.228 e. The van der Waals surface area contributed by atoms with Gasteiger partial charge in [0.15, 0.2) is 0 Å². The van der Waals surface area contributed by atoms with E-state index in [1.807, 2.05) is 0 Å². The SMILES string of the molecule is CC(C)C1=CC23CC[C@@H]4[C@](C)(CCC[C@@]4(C)C(=O)N4CCCCC4)[C@H]2C[C@@H]1[C@H](C(=O)Cl)[C@@H]3C(=O)Cl. The zero-order valence-electron chi connectivity index (χ0n) is 21.7. The standard InChI is InChI=1S/C29H41Cl2NO3/c1-17(2)19-16-29-12-9-20-27(3,21(29)15-18(19)22(24(30)33)23(29)25(31)34)10-8-11-28(20,4)26(35)32-13-6-5-7-14-32/h16-18,20-23H,5-15H2,1-4H3/t18-,20+,21+,22-,23+,27-,28+,29?/m0/s1. The summed E-state index contributed by atoms with van der Waals surface area (Å²) in [5, 5.41) is -0.832. The molecule has 6 aliphatic rings. The lowest BCUT2D eigenvalue weighted by molar-refractivity contribution is -0.193. The van der Waals surface area contributed by atoms with E-state index in [-0.39, 0.29) is 28.6 Å². The highest BCUT2D eigenvalue weighted by molar-refractivity contribution is 6.67. The number of hydrogen-bond acceptors (Lipinski definition) is 3. The summed E-state index contributed by atoms with van der Waals surface area (Å²) in [5.41, 5.74) is 0.397. The van der Waals surface area contributed by atoms with Gasteiger partial charge in [-0.25, -0.2) is 0 Å². The predicted molar refractivity (Wildman–Crippen MR) is 139 cm³/mol. The van der Waals surface area contributed by atoms with Crippen LogP contribution in [0, 0.1) is 51.8 Å². The van der Waals surface area contributed by atoms with Gasteiger partial charge in [-0.3, -0.25) is 14.4 Å². The Bertz CT molecular complexity index is 956. The van der Waals surface area contributed by atoms with Crippen molar-refractivity contribution in [2.45, 2.75) is 85.5 Å². The molecule has 4 nitrogen and oxygen atoms in total. The maximum absolute atomic E-state index is 14.0. The lowest BCUT2D eigenvalue weighted by Crippen LogP contribution is -2.66. The van der Waals surface area contributed by atoms with Gasteiger partial charge >= 0.3 is 0 Å². The Labute approximate surface area is 220 Å². The van der Waals surface area contributed by atoms with Gasteiger partial charge in [0.2, 0.25) is 16.4 Å². The molecule has 4 fully saturated rings. The van der Waals surface area contributed by atoms with Crippen LogP contribution in [0.3, 0.4) is 0 Å². The second-order valence-electron chi connectivity index (χ2n) is 13.1. The van der Waals surface area contributed by atoms with E-state index in [0.717, 1.165) is 64.5 Å². The molecule has 1 unspecified atom stereocenters. The minimum Gasteiger partial charge on any atom is -0.342 e. The molecule has 1 spiro atoms. The van der Waals surface area contributed by atoms with Gasteiger partial charge in [0.05, 0.1) is 11.8 Å². The van der Waals surface area contributed by atoms with Crippen molar-refractivity contribution in [3.8, 4) is 0 Å². The highest BCUT2D eigenvalue weighted by atomic mass is 35.5. The normalized spacial score (nSPS) is 44.9. The van der Waals surface area contributed by atoms with E-state index in [0.29, 0.717) is 11.8 Å². The third kappa shape index (κ3) is 3.62. The first-order valence-electron chi connectivity index (χ1n) is 13.9. The number of fused-ring (bicyclic) bond motifs is 2. The van der Waals surface area contributed by atoms with Gasteiger partial charge in [0.1, 0.15) is 0 Å². The summed E-state index contributed by atoms with van der Waals surface area (Å²) in [6.45, 7) is 10.7. The molecule has 6 rings (SSSR count). The summed E-state index contributed by atoms with van der Waals surface area (Å²) in [6, 6.07) is 0. The molecule has 194 valence electrons. The van der Waals surface area contributed by atoms with E-state index in [2.05, 4.69) is 38.7 Å². The van der Waals surface area contributed by atoms with Gasteiger partial charge in [-0.1, -0.05) is 45.8 Å². The number of amides is 1. The molecule has 1 heterocycles. The summed E-state index contributed by atoms with van der Waals surface area (Å²) < 4.78 is 0. The van der Waals surface area contributed by atoms with Crippen molar-refractivity contribution in [2.24, 2.45) is 51.8 Å². The number of piperidine rings is 1. The quantitative estimate of drug-likeness (QED) is 0.309. The van der Waals surface area contributed by atoms with Crippen LogP contribution in [0.25, 0.3) is 0 Å². The van der Waals surface area contributed by atoms with Gasteiger partial charge in [0, 0.05) is 23.9 Å². The Morgan fingerprint density at radius 1 is 0.943 bits per heavy atom. The molecule has 0 aromatic carbocycles. The number of carbonyl (C=O) groups excluding carboxylic acids is 3. The Morgan fingerprint density at radius 2 is 1.63 bits per heavy atom. The molecule has 1 saturated heterocycles. The molecule has 0 aromatic rings. The summed E-state index contributed by atoms with van der Waals surface area (Å²) >= 11 is 12.5. The Hall–Kier alpha value is -0.870. The van der Waals surface area contributed by atoms with Crippen LogP contribution in [0.2, 0.25) is 0 Å². The summed E-state index contributed by atoms with van der Waals surface area (Å²) in [7, 11) is 0. The van der Waals surface area contributed by atoms with Crippen LogP contribution in [0.15, 0.2) is 11.6 Å². The molecule has 1 aliphatic heterocycles. The Morgan fingerprint density at radius 3 is 2.23 bits per heavy atom. The Kier molecular flexibility index (Phi) is 6.52. The summed E-state index contributed by atoms with van der Waals surface area (Å²) in [4.78, 5) is 41.9. The number of rotatable bonds is 4. The third-order valence-electron chi connectivity index (χ3n) is 11.3. The lowest BCUT2D eigenvalue weighted by atomic mass is 9.34. The zero-order valence-corrected chi connectivity index (χ0v) is 23.3. The number of carbonyl (C=O) groups is 3. The van der Waals surface area contributed by atoms with Crippen LogP contribution in [-0.4, -0.2) is 34.4 Å². The van der Waals surface area contributed by atoms with Gasteiger partial charge in [-0.2, -0.15) is 0 Å². The monoisotopic (exact) mass is 521 g/mol. The lowest BCUT2D eigenvalue weighted by Gasteiger charge is -2.69. The van der Waals surface area contributed by atoms with Crippen LogP contribution >= 0.6 is 23.2 Å². The molecule has 2 bridgehead atoms. The van der Waals surface area contributed by atoms with Gasteiger partial charge < -0.3 is 4.90 Å². The molecule has 3 saturated carbocycles. The fourth-order valence-corrected chi connectivity index (χ4v) is 10.6. The highest BCUT2D eigenvalue weighted by Crippen LogP contribution is 2.74. The average Bonchev–Trinajstić information content (AvgIpc) is 2.82. The van der Waals surface area contributed by atoms with Crippen molar-refractivity contribution in [1.82, 2.24) is 4.90 Å². The van der Waals surface area contributed by atoms with Gasteiger partial charge in [-0.05, 0) is 104 Å². The first kappa shape index (κ1) is 25.8. The van der Waals surface area contributed by atoms with Gasteiger partial charge in [-0.15, -0.1) is 0 Å². The molecule has 0 aromatic heterocycles. The predicted octanol–water partition coefficient (Wildman–Crippen LogP) is 6.59. The maximum atomic E-state index is 14.0. The van der Waals surface area contributed by atoms with Crippen molar-refractivity contribution < 1.29 is 14.4 Å². The van der Waals surface area contributed by atoms with E-state index < -0.39 is 27.7 Å². The highest BCUT2D eigenvalue weighted by Gasteiger charge is 2.70. The Balaban J connectivity index is 1.58. The summed E-state index contributed by atoms with van der Waals surface area (Å²) in [5.74, 6) is 0.0128. The van der Waals surface area contributed by atoms with Gasteiger partial charge in [0.25, 0.3) is 0 Å². The first-order chi connectivity index (χ1) is 16.5. The number of likely N-dealkylation sites (tertiary alicyclic amines) is 1. The maximum Gasteiger partial charge on any atom is 0.228 e. The van der Waals surface area contributed by atoms with E-state index in [1.54, 1.807) is 0 Å². The van der Waals surface area contributed by atoms with Crippen LogP contribution < -0.4 is 0 Å². The second-order valence-corrected chi connectivity index (χ2v) is 13.9. The van der Waals surface area contributed by atoms with Crippen molar-refractivity contribution in [2.75, 3.05) is 13.1 Å². The number of hydrogen-bond donors (Lipinski definition) is 0. The average molecular weight is 523 g/mol. The number of halogens is 2. The van der Waals surface area contributed by atoms with Crippen molar-refractivity contribution in [1.29, 1.82) is 0 Å². The first-order valence-corrected chi connectivity index (χ1v) is 14.6. The van der Waals surface area contributed by atoms with E-state index >= 15 is 0 Å². The number of nitrogens with zero attached hydrogens (tertiary/aromatic N) is 1. The summed E-state index contributed by atoms with van der Waals surface area (Å²) in [6.07, 6.45) is 11.4. The fraction of sp³-hybridized carbons (Fsp3) is 0.828. The molecule has 5 aliphatic carbocycles. The molecule has 6 heteroatoms. The topological polar surface area (TPSA) is 54.5 Å². The van der Waals surface area contributed by atoms with Crippen molar-refractivity contribution in [3.05, 3.63) is 11.6 Å². The largest absolute Gasteiger partial charge is 0.342 e. The van der Waals surface area contributed by atoms with E-state index in [4.69, 9.17) is 23.2 Å². The van der Waals surface area contributed by atoms with E-state index in [1.165, 1.54) is 12.0 Å². The zero-order chi connectivity index (χ0) is 25.3. The van der Waals surface area contributed by atoms with Crippen molar-refractivity contribution in [3.63, 3.8) is 0 Å².